The molecule has 2 aromatic carbocycles. The third-order valence-corrected chi connectivity index (χ3v) is 5.58. The Morgan fingerprint density at radius 1 is 1.10 bits per heavy atom. The van der Waals surface area contributed by atoms with Gasteiger partial charge in [0.1, 0.15) is 11.9 Å². The highest BCUT2D eigenvalue weighted by atomic mass is 19.4. The molecule has 0 saturated heterocycles. The van der Waals surface area contributed by atoms with Gasteiger partial charge in [0.05, 0.1) is 12.7 Å². The van der Waals surface area contributed by atoms with Crippen LogP contribution in [0.4, 0.5) is 18.9 Å². The number of alkyl halides is 3. The molecule has 0 spiro atoms. The third kappa shape index (κ3) is 5.02. The van der Waals surface area contributed by atoms with Gasteiger partial charge < -0.3 is 19.3 Å². The van der Waals surface area contributed by atoms with Crippen LogP contribution in [0.5, 0.6) is 5.75 Å². The number of ether oxygens (including phenoxy) is 2. The Labute approximate surface area is 180 Å². The first-order valence-electron chi connectivity index (χ1n) is 9.98. The molecular weight excluding hydrogens is 409 g/mol. The fourth-order valence-corrected chi connectivity index (χ4v) is 3.92. The Morgan fingerprint density at radius 3 is 2.32 bits per heavy atom. The molecule has 5 nitrogen and oxygen atoms in total. The zero-order chi connectivity index (χ0) is 22.8. The molecule has 0 bridgehead atoms. The average Bonchev–Trinajstić information content (AvgIpc) is 2.84. The number of halogens is 3. The van der Waals surface area contributed by atoms with E-state index >= 15 is 0 Å². The van der Waals surface area contributed by atoms with Crippen molar-refractivity contribution >= 4 is 11.6 Å². The van der Waals surface area contributed by atoms with E-state index in [1.807, 2.05) is 31.1 Å². The highest BCUT2D eigenvalue weighted by Crippen LogP contribution is 2.39. The number of hydrogen-bond acceptors (Lipinski definition) is 4. The minimum absolute atomic E-state index is 0.244. The largest absolute Gasteiger partial charge is 0.497 e. The van der Waals surface area contributed by atoms with Gasteiger partial charge in [0.15, 0.2) is 0 Å². The van der Waals surface area contributed by atoms with Gasteiger partial charge in [0.25, 0.3) is 5.91 Å². The van der Waals surface area contributed by atoms with Crippen LogP contribution in [0, 0.1) is 0 Å². The molecule has 1 heterocycles. The van der Waals surface area contributed by atoms with E-state index in [1.165, 1.54) is 13.2 Å². The molecule has 168 valence electrons. The maximum absolute atomic E-state index is 13.5. The maximum Gasteiger partial charge on any atom is 0.416 e. The van der Waals surface area contributed by atoms with Crippen LogP contribution in [-0.4, -0.2) is 58.3 Å². The monoisotopic (exact) mass is 436 g/mol. The normalized spacial score (nSPS) is 19.4. The molecular formula is C23H27F3N2O3. The van der Waals surface area contributed by atoms with Crippen LogP contribution in [0.1, 0.15) is 22.6 Å². The second-order valence-corrected chi connectivity index (χ2v) is 7.87. The van der Waals surface area contributed by atoms with Gasteiger partial charge in [0, 0.05) is 31.8 Å². The van der Waals surface area contributed by atoms with Crippen LogP contribution in [0.25, 0.3) is 0 Å². The number of rotatable bonds is 6. The summed E-state index contributed by atoms with van der Waals surface area (Å²) in [5.74, 6) is -0.0382. The number of hydrogen-bond donors (Lipinski definition) is 0. The molecule has 0 N–H and O–H groups in total. The average molecular weight is 436 g/mol. The highest BCUT2D eigenvalue weighted by molar-refractivity contribution is 5.99. The second kappa shape index (κ2) is 9.28. The Kier molecular flexibility index (Phi) is 6.91. The number of amides is 1. The van der Waals surface area contributed by atoms with E-state index in [0.717, 1.165) is 17.7 Å². The van der Waals surface area contributed by atoms with E-state index < -0.39 is 23.8 Å². The van der Waals surface area contributed by atoms with Crippen molar-refractivity contribution < 1.29 is 27.4 Å². The van der Waals surface area contributed by atoms with Gasteiger partial charge in [-0.3, -0.25) is 4.79 Å². The summed E-state index contributed by atoms with van der Waals surface area (Å²) in [7, 11) is 6.77. The van der Waals surface area contributed by atoms with Crippen molar-refractivity contribution in [2.75, 3.05) is 46.3 Å². The first-order chi connectivity index (χ1) is 14.7. The lowest BCUT2D eigenvalue weighted by Gasteiger charge is -2.28. The van der Waals surface area contributed by atoms with Crippen LogP contribution < -0.4 is 9.64 Å². The lowest BCUT2D eigenvalue weighted by atomic mass is 9.87. The molecule has 1 amide bonds. The smallest absolute Gasteiger partial charge is 0.416 e. The van der Waals surface area contributed by atoms with Crippen molar-refractivity contribution in [2.45, 2.75) is 24.6 Å². The van der Waals surface area contributed by atoms with Crippen molar-refractivity contribution in [1.29, 1.82) is 0 Å². The lowest BCUT2D eigenvalue weighted by Crippen LogP contribution is -2.44. The number of anilines is 1. The standard InChI is InChI=1S/C23H27F3N2O3/c1-27(2)11-12-28-20-10-7-17(23(24,25)26)13-16(20)14-19(21(31-4)22(28)29)15-5-8-18(30-3)9-6-15/h5-10,13,19,21H,11-12,14H2,1-4H3. The number of benzene rings is 2. The van der Waals surface area contributed by atoms with Crippen LogP contribution >= 0.6 is 0 Å². The lowest BCUT2D eigenvalue weighted by molar-refractivity contribution is -0.137. The Hall–Kier alpha value is -2.58. The molecule has 0 saturated carbocycles. The van der Waals surface area contributed by atoms with E-state index in [2.05, 4.69) is 0 Å². The van der Waals surface area contributed by atoms with Crippen LogP contribution in [-0.2, 0) is 22.1 Å². The van der Waals surface area contributed by atoms with Crippen molar-refractivity contribution in [3.63, 3.8) is 0 Å². The van der Waals surface area contributed by atoms with E-state index in [0.29, 0.717) is 30.1 Å². The van der Waals surface area contributed by atoms with Crippen LogP contribution in [0.15, 0.2) is 42.5 Å². The molecule has 2 aromatic rings. The van der Waals surface area contributed by atoms with Gasteiger partial charge in [0.2, 0.25) is 0 Å². The topological polar surface area (TPSA) is 42.0 Å². The van der Waals surface area contributed by atoms with Gasteiger partial charge >= 0.3 is 6.18 Å². The number of carbonyl (C=O) groups excluding carboxylic acids is 1. The first-order valence-corrected chi connectivity index (χ1v) is 9.98. The third-order valence-electron chi connectivity index (χ3n) is 5.58. The van der Waals surface area contributed by atoms with Gasteiger partial charge in [-0.1, -0.05) is 12.1 Å². The molecule has 3 rings (SSSR count). The molecule has 0 aromatic heterocycles. The van der Waals surface area contributed by atoms with E-state index in [4.69, 9.17) is 9.47 Å². The molecule has 2 unspecified atom stereocenters. The molecule has 0 fully saturated rings. The van der Waals surface area contributed by atoms with Crippen molar-refractivity contribution in [3.8, 4) is 5.75 Å². The number of fused-ring (bicyclic) bond motifs is 1. The summed E-state index contributed by atoms with van der Waals surface area (Å²) < 4.78 is 51.0. The zero-order valence-corrected chi connectivity index (χ0v) is 18.1. The summed E-state index contributed by atoms with van der Waals surface area (Å²) in [5, 5.41) is 0. The number of nitrogens with zero attached hydrogens (tertiary/aromatic N) is 2. The van der Waals surface area contributed by atoms with Crippen LogP contribution in [0.2, 0.25) is 0 Å². The molecule has 0 aliphatic carbocycles. The van der Waals surface area contributed by atoms with Gasteiger partial charge in [-0.25, -0.2) is 0 Å². The van der Waals surface area contributed by atoms with Crippen molar-refractivity contribution in [2.24, 2.45) is 0 Å². The SMILES string of the molecule is COc1ccc(C2Cc3cc(C(F)(F)F)ccc3N(CCN(C)C)C(=O)C2OC)cc1. The minimum atomic E-state index is -4.46. The predicted molar refractivity (Wildman–Crippen MR) is 113 cm³/mol. The van der Waals surface area contributed by atoms with E-state index in [9.17, 15) is 18.0 Å². The van der Waals surface area contributed by atoms with E-state index in [1.54, 1.807) is 24.1 Å². The summed E-state index contributed by atoms with van der Waals surface area (Å²) in [6.45, 7) is 0.912. The van der Waals surface area contributed by atoms with Gasteiger partial charge in [-0.05, 0) is 62.0 Å². The highest BCUT2D eigenvalue weighted by Gasteiger charge is 2.39. The number of carbonyl (C=O) groups is 1. The first kappa shape index (κ1) is 23.1. The fraction of sp³-hybridized carbons (Fsp3) is 0.435. The Bertz CT molecular complexity index is 913. The number of likely N-dealkylation sites (N-methyl/N-ethyl adjacent to an activating group) is 1. The molecule has 1 aliphatic rings. The summed E-state index contributed by atoms with van der Waals surface area (Å²) in [6.07, 6.45) is -5.04. The zero-order valence-electron chi connectivity index (χ0n) is 18.1. The van der Waals surface area contributed by atoms with Crippen molar-refractivity contribution in [1.82, 2.24) is 4.90 Å². The Balaban J connectivity index is 2.11. The van der Waals surface area contributed by atoms with Gasteiger partial charge in [-0.2, -0.15) is 13.2 Å². The van der Waals surface area contributed by atoms with E-state index in [-0.39, 0.29) is 12.3 Å². The fourth-order valence-electron chi connectivity index (χ4n) is 3.92. The molecule has 1 aliphatic heterocycles. The summed E-state index contributed by atoms with van der Waals surface area (Å²) in [6, 6.07) is 10.8. The molecule has 0 radical (unpaired) electrons. The predicted octanol–water partition coefficient (Wildman–Crippen LogP) is 3.96. The second-order valence-electron chi connectivity index (χ2n) is 7.87. The van der Waals surface area contributed by atoms with Gasteiger partial charge in [-0.15, -0.1) is 0 Å². The summed E-state index contributed by atoms with van der Waals surface area (Å²) in [5.41, 5.74) is 1.05. The maximum atomic E-state index is 13.5. The summed E-state index contributed by atoms with van der Waals surface area (Å²) >= 11 is 0. The Morgan fingerprint density at radius 2 is 1.77 bits per heavy atom. The minimum Gasteiger partial charge on any atom is -0.497 e. The summed E-state index contributed by atoms with van der Waals surface area (Å²) in [4.78, 5) is 16.9. The quantitative estimate of drug-likeness (QED) is 0.688. The van der Waals surface area contributed by atoms with Crippen LogP contribution in [0.3, 0.4) is 0 Å². The molecule has 2 atom stereocenters. The number of methoxy groups -OCH3 is 2. The molecule has 31 heavy (non-hydrogen) atoms. The van der Waals surface area contributed by atoms with Crippen molar-refractivity contribution in [3.05, 3.63) is 59.2 Å². The molecule has 8 heteroatoms.